The molecule has 1 amide bonds. The van der Waals surface area contributed by atoms with E-state index in [0.29, 0.717) is 43.9 Å². The zero-order valence-electron chi connectivity index (χ0n) is 21.2. The molecule has 0 spiro atoms. The Balaban J connectivity index is 1.47. The van der Waals surface area contributed by atoms with Crippen molar-refractivity contribution in [3.63, 3.8) is 0 Å². The van der Waals surface area contributed by atoms with Gasteiger partial charge in [0.1, 0.15) is 11.3 Å². The number of amides is 1. The van der Waals surface area contributed by atoms with Crippen LogP contribution in [0.2, 0.25) is 0 Å². The smallest absolute Gasteiger partial charge is 0.228 e. The quantitative estimate of drug-likeness (QED) is 0.490. The monoisotopic (exact) mass is 496 g/mol. The summed E-state index contributed by atoms with van der Waals surface area (Å²) in [7, 11) is 2.80. The van der Waals surface area contributed by atoms with E-state index in [-0.39, 0.29) is 34.8 Å². The van der Waals surface area contributed by atoms with Crippen LogP contribution in [0.15, 0.2) is 30.3 Å². The van der Waals surface area contributed by atoms with Crippen molar-refractivity contribution in [3.05, 3.63) is 47.3 Å². The van der Waals surface area contributed by atoms with Crippen molar-refractivity contribution < 1.29 is 18.7 Å². The average molecular weight is 497 g/mol. The molecule has 192 valence electrons. The van der Waals surface area contributed by atoms with E-state index < -0.39 is 5.82 Å². The van der Waals surface area contributed by atoms with E-state index in [0.717, 1.165) is 12.1 Å². The van der Waals surface area contributed by atoms with Crippen LogP contribution in [0.25, 0.3) is 10.9 Å². The van der Waals surface area contributed by atoms with Crippen LogP contribution in [-0.2, 0) is 4.79 Å². The molecule has 10 heteroatoms. The van der Waals surface area contributed by atoms with Gasteiger partial charge in [0, 0.05) is 44.0 Å². The fraction of sp³-hybridized carbons (Fsp3) is 0.423. The number of piperazine rings is 1. The zero-order chi connectivity index (χ0) is 25.8. The Labute approximate surface area is 210 Å². The SMILES string of the molecule is CCN[C@H](CC(=O)N1CCN(c2nc(N)c3cc(OC)c(OC)c(F)c3n2)CC1)c1ccc(C)cc1. The molecular weight excluding hydrogens is 463 g/mol. The van der Waals surface area contributed by atoms with Gasteiger partial charge in [-0.05, 0) is 25.1 Å². The van der Waals surface area contributed by atoms with Gasteiger partial charge in [0.05, 0.1) is 14.2 Å². The number of nitrogen functional groups attached to an aromatic ring is 1. The number of ether oxygens (including phenoxy) is 2. The molecule has 1 fully saturated rings. The molecule has 3 N–H and O–H groups in total. The second kappa shape index (κ2) is 10.9. The number of fused-ring (bicyclic) bond motifs is 1. The first-order valence-electron chi connectivity index (χ1n) is 12.1. The molecule has 0 aliphatic carbocycles. The lowest BCUT2D eigenvalue weighted by Crippen LogP contribution is -2.49. The maximum atomic E-state index is 15.1. The standard InChI is InChI=1S/C26H33FN6O3/c1-5-29-19(17-8-6-16(2)7-9-17)15-21(34)32-10-12-33(13-11-32)26-30-23-18(25(28)31-26)14-20(35-3)24(36-4)22(23)27/h6-9,14,19,29H,5,10-13,15H2,1-4H3,(H2,28,30,31)/t19-/m1/s1. The summed E-state index contributed by atoms with van der Waals surface area (Å²) in [6.07, 6.45) is 0.378. The maximum Gasteiger partial charge on any atom is 0.228 e. The summed E-state index contributed by atoms with van der Waals surface area (Å²) in [5.41, 5.74) is 8.51. The Kier molecular flexibility index (Phi) is 7.73. The molecule has 2 heterocycles. The van der Waals surface area contributed by atoms with Crippen LogP contribution in [0.1, 0.15) is 30.5 Å². The predicted octanol–water partition coefficient (Wildman–Crippen LogP) is 3.07. The minimum atomic E-state index is -0.651. The third-order valence-corrected chi connectivity index (χ3v) is 6.52. The van der Waals surface area contributed by atoms with Crippen LogP contribution >= 0.6 is 0 Å². The third kappa shape index (κ3) is 5.13. The van der Waals surface area contributed by atoms with E-state index in [4.69, 9.17) is 15.2 Å². The topological polar surface area (TPSA) is 106 Å². The molecule has 0 bridgehead atoms. The molecule has 1 aliphatic heterocycles. The van der Waals surface area contributed by atoms with Gasteiger partial charge >= 0.3 is 0 Å². The number of nitrogens with two attached hydrogens (primary N) is 1. The van der Waals surface area contributed by atoms with Crippen LogP contribution in [0.3, 0.4) is 0 Å². The van der Waals surface area contributed by atoms with Crippen molar-refractivity contribution >= 4 is 28.6 Å². The summed E-state index contributed by atoms with van der Waals surface area (Å²) in [6, 6.07) is 9.79. The summed E-state index contributed by atoms with van der Waals surface area (Å²) in [4.78, 5) is 25.7. The number of nitrogens with one attached hydrogen (secondary N) is 1. The van der Waals surface area contributed by atoms with Gasteiger partial charge in [0.25, 0.3) is 0 Å². The van der Waals surface area contributed by atoms with Gasteiger partial charge < -0.3 is 30.3 Å². The molecule has 1 saturated heterocycles. The molecule has 0 radical (unpaired) electrons. The summed E-state index contributed by atoms with van der Waals surface area (Å²) >= 11 is 0. The number of carbonyl (C=O) groups is 1. The van der Waals surface area contributed by atoms with E-state index in [1.807, 2.05) is 23.6 Å². The highest BCUT2D eigenvalue weighted by atomic mass is 19.1. The number of hydrogen-bond acceptors (Lipinski definition) is 8. The van der Waals surface area contributed by atoms with Crippen LogP contribution < -0.4 is 25.4 Å². The number of aromatic nitrogens is 2. The summed E-state index contributed by atoms with van der Waals surface area (Å²) < 4.78 is 25.5. The van der Waals surface area contributed by atoms with E-state index in [9.17, 15) is 4.79 Å². The minimum absolute atomic E-state index is 0.0340. The predicted molar refractivity (Wildman–Crippen MR) is 138 cm³/mol. The fourth-order valence-electron chi connectivity index (χ4n) is 4.49. The lowest BCUT2D eigenvalue weighted by atomic mass is 10.0. The molecule has 1 aromatic heterocycles. The number of methoxy groups -OCH3 is 2. The molecule has 9 nitrogen and oxygen atoms in total. The van der Waals surface area contributed by atoms with Gasteiger partial charge in [-0.2, -0.15) is 4.98 Å². The number of hydrogen-bond donors (Lipinski definition) is 2. The number of halogens is 1. The first kappa shape index (κ1) is 25.4. The lowest BCUT2D eigenvalue weighted by molar-refractivity contribution is -0.132. The molecule has 0 saturated carbocycles. The number of anilines is 2. The van der Waals surface area contributed by atoms with Crippen molar-refractivity contribution in [3.8, 4) is 11.5 Å². The third-order valence-electron chi connectivity index (χ3n) is 6.52. The number of benzene rings is 2. The van der Waals surface area contributed by atoms with Gasteiger partial charge in [0.2, 0.25) is 11.9 Å². The number of carbonyl (C=O) groups excluding carboxylic acids is 1. The lowest BCUT2D eigenvalue weighted by Gasteiger charge is -2.35. The van der Waals surface area contributed by atoms with Gasteiger partial charge in [-0.3, -0.25) is 4.79 Å². The van der Waals surface area contributed by atoms with Crippen LogP contribution in [0.5, 0.6) is 11.5 Å². The first-order chi connectivity index (χ1) is 17.4. The van der Waals surface area contributed by atoms with E-state index in [1.54, 1.807) is 6.07 Å². The minimum Gasteiger partial charge on any atom is -0.493 e. The fourth-order valence-corrected chi connectivity index (χ4v) is 4.49. The summed E-state index contributed by atoms with van der Waals surface area (Å²) in [5.74, 6) is 0.0976. The Hall–Kier alpha value is -3.66. The highest BCUT2D eigenvalue weighted by molar-refractivity contribution is 5.92. The highest BCUT2D eigenvalue weighted by Gasteiger charge is 2.27. The van der Waals surface area contributed by atoms with Gasteiger partial charge in [-0.25, -0.2) is 9.37 Å². The normalized spacial score (nSPS) is 14.7. The summed E-state index contributed by atoms with van der Waals surface area (Å²) in [6.45, 7) is 6.92. The van der Waals surface area contributed by atoms with Crippen LogP contribution in [-0.4, -0.2) is 67.7 Å². The van der Waals surface area contributed by atoms with Gasteiger partial charge in [-0.1, -0.05) is 36.8 Å². The molecular formula is C26H33FN6O3. The summed E-state index contributed by atoms with van der Waals surface area (Å²) in [5, 5.41) is 3.78. The Bertz CT molecular complexity index is 1230. The van der Waals surface area contributed by atoms with Crippen molar-refractivity contribution in [1.82, 2.24) is 20.2 Å². The molecule has 1 atom stereocenters. The Morgan fingerprint density at radius 2 is 1.83 bits per heavy atom. The van der Waals surface area contributed by atoms with Gasteiger partial charge in [-0.15, -0.1) is 0 Å². The number of aryl methyl sites for hydroxylation is 1. The molecule has 2 aromatic carbocycles. The maximum absolute atomic E-state index is 15.1. The highest BCUT2D eigenvalue weighted by Crippen LogP contribution is 2.37. The van der Waals surface area contributed by atoms with E-state index >= 15 is 4.39 Å². The van der Waals surface area contributed by atoms with Crippen LogP contribution in [0, 0.1) is 12.7 Å². The van der Waals surface area contributed by atoms with Crippen molar-refractivity contribution in [2.24, 2.45) is 0 Å². The van der Waals surface area contributed by atoms with Crippen molar-refractivity contribution in [2.75, 3.05) is 57.6 Å². The van der Waals surface area contributed by atoms with Crippen molar-refractivity contribution in [1.29, 1.82) is 0 Å². The molecule has 0 unspecified atom stereocenters. The van der Waals surface area contributed by atoms with Crippen LogP contribution in [0.4, 0.5) is 16.2 Å². The molecule has 4 rings (SSSR count). The molecule has 3 aromatic rings. The van der Waals surface area contributed by atoms with Crippen molar-refractivity contribution in [2.45, 2.75) is 26.3 Å². The Morgan fingerprint density at radius 3 is 2.44 bits per heavy atom. The number of rotatable bonds is 8. The second-order valence-electron chi connectivity index (χ2n) is 8.82. The van der Waals surface area contributed by atoms with E-state index in [2.05, 4.69) is 39.6 Å². The largest absolute Gasteiger partial charge is 0.493 e. The average Bonchev–Trinajstić information content (AvgIpc) is 2.89. The zero-order valence-corrected chi connectivity index (χ0v) is 21.2. The molecule has 1 aliphatic rings. The van der Waals surface area contributed by atoms with E-state index in [1.165, 1.54) is 19.8 Å². The molecule has 36 heavy (non-hydrogen) atoms. The number of nitrogens with zero attached hydrogens (tertiary/aromatic N) is 4. The van der Waals surface area contributed by atoms with Gasteiger partial charge in [0.15, 0.2) is 17.3 Å². The second-order valence-corrected chi connectivity index (χ2v) is 8.82. The Morgan fingerprint density at radius 1 is 1.14 bits per heavy atom. The first-order valence-corrected chi connectivity index (χ1v) is 12.1.